The van der Waals surface area contributed by atoms with E-state index in [-0.39, 0.29) is 19.0 Å². The van der Waals surface area contributed by atoms with Crippen molar-refractivity contribution in [3.8, 4) is 22.5 Å². The van der Waals surface area contributed by atoms with Gasteiger partial charge in [-0.05, 0) is 53.7 Å². The molecule has 15 heteroatoms. The van der Waals surface area contributed by atoms with Crippen LogP contribution in [0.2, 0.25) is 5.02 Å². The highest BCUT2D eigenvalue weighted by Gasteiger charge is 2.54. The Labute approximate surface area is 286 Å². The first kappa shape index (κ1) is 35.0. The monoisotopic (exact) mass is 691 g/mol. The number of alkyl halides is 2. The number of H-pyrrole nitrogens is 1. The molecule has 2 aromatic carbocycles. The molecule has 2 amide bonds. The fraction of sp³-hybridized carbons (Fsp3) is 0.294. The molecule has 1 fully saturated rings. The first-order chi connectivity index (χ1) is 23.2. The summed E-state index contributed by atoms with van der Waals surface area (Å²) in [5.41, 5.74) is 1.37. The Morgan fingerprint density at radius 3 is 2.55 bits per heavy atom. The smallest absolute Gasteiger partial charge is 0.411 e. The van der Waals surface area contributed by atoms with Gasteiger partial charge in [0.1, 0.15) is 18.5 Å². The first-order valence-electron chi connectivity index (χ1n) is 15.2. The number of carbonyl (C=O) groups is 2. The molecule has 4 N–H and O–H groups in total. The third-order valence-electron chi connectivity index (χ3n) is 7.86. The molecule has 2 atom stereocenters. The van der Waals surface area contributed by atoms with Gasteiger partial charge in [0.05, 0.1) is 17.3 Å². The summed E-state index contributed by atoms with van der Waals surface area (Å²) in [6.07, 6.45) is 6.56. The lowest BCUT2D eigenvalue weighted by molar-refractivity contribution is -0.134. The lowest BCUT2D eigenvalue weighted by Gasteiger charge is -2.35. The van der Waals surface area contributed by atoms with Crippen LogP contribution in [0.5, 0.6) is 0 Å². The summed E-state index contributed by atoms with van der Waals surface area (Å²) in [6.45, 7) is 8.14. The molecule has 1 saturated heterocycles. The number of rotatable bonds is 11. The standard InChI is InChI=1S/C34H36ClF2N9O3/c1-6-7-20(2)42-32(48)49-17-27(22-10-13-26(35)25(14-22)28-39-19-40-44-28)46-29(47)34(43-31(46)38,18-33(3,4)5)24-11-8-21(9-12-24)23-15-41-45(16-23)30(36)37/h6-16,19,27,30H,1,17-18H2,2-5H3,(H2,38,43)(H,42,48)(H,39,40,44)/b20-7+/t27-,34-/m1/s1. The van der Waals surface area contributed by atoms with Gasteiger partial charge in [0.2, 0.25) is 0 Å². The van der Waals surface area contributed by atoms with E-state index in [4.69, 9.17) is 21.7 Å². The van der Waals surface area contributed by atoms with Crippen LogP contribution in [0.4, 0.5) is 13.6 Å². The number of aromatic amines is 1. The van der Waals surface area contributed by atoms with Crippen LogP contribution in [0.3, 0.4) is 0 Å². The van der Waals surface area contributed by atoms with Crippen molar-refractivity contribution in [2.24, 2.45) is 5.41 Å². The van der Waals surface area contributed by atoms with E-state index in [9.17, 15) is 18.4 Å². The number of ether oxygens (including phenoxy) is 1. The van der Waals surface area contributed by atoms with Gasteiger partial charge in [-0.15, -0.1) is 0 Å². The second-order valence-corrected chi connectivity index (χ2v) is 13.2. The number of halogens is 3. The minimum atomic E-state index is -2.77. The van der Waals surface area contributed by atoms with Crippen molar-refractivity contribution in [1.29, 1.82) is 5.41 Å². The van der Waals surface area contributed by atoms with Crippen LogP contribution in [0.25, 0.3) is 22.5 Å². The fourth-order valence-corrected chi connectivity index (χ4v) is 6.04. The summed E-state index contributed by atoms with van der Waals surface area (Å²) in [7, 11) is 0. The molecule has 3 heterocycles. The predicted molar refractivity (Wildman–Crippen MR) is 180 cm³/mol. The fourth-order valence-electron chi connectivity index (χ4n) is 5.83. The van der Waals surface area contributed by atoms with Gasteiger partial charge in [-0.25, -0.2) is 14.5 Å². The van der Waals surface area contributed by atoms with Crippen LogP contribution >= 0.6 is 11.6 Å². The van der Waals surface area contributed by atoms with E-state index in [1.165, 1.54) is 29.7 Å². The summed E-state index contributed by atoms with van der Waals surface area (Å²) in [5, 5.41) is 25.7. The molecule has 49 heavy (non-hydrogen) atoms. The Hall–Kier alpha value is -5.37. The van der Waals surface area contributed by atoms with Crippen LogP contribution < -0.4 is 10.6 Å². The Kier molecular flexibility index (Phi) is 9.99. The number of nitrogens with zero attached hydrogens (tertiary/aromatic N) is 5. The lowest BCUT2D eigenvalue weighted by atomic mass is 9.75. The molecule has 0 bridgehead atoms. The molecule has 12 nitrogen and oxygen atoms in total. The topological polar surface area (TPSA) is 154 Å². The van der Waals surface area contributed by atoms with Gasteiger partial charge in [0.15, 0.2) is 11.8 Å². The third kappa shape index (κ3) is 7.54. The number of hydrogen-bond acceptors (Lipinski definition) is 7. The van der Waals surface area contributed by atoms with Gasteiger partial charge >= 0.3 is 12.6 Å². The highest BCUT2D eigenvalue weighted by Crippen LogP contribution is 2.43. The van der Waals surface area contributed by atoms with E-state index in [2.05, 4.69) is 37.5 Å². The van der Waals surface area contributed by atoms with Gasteiger partial charge in [-0.3, -0.25) is 25.5 Å². The zero-order chi connectivity index (χ0) is 35.5. The Morgan fingerprint density at radius 2 is 1.94 bits per heavy atom. The number of amides is 2. The summed E-state index contributed by atoms with van der Waals surface area (Å²) in [5.74, 6) is -0.264. The minimum absolute atomic E-state index is 0.204. The van der Waals surface area contributed by atoms with Crippen molar-refractivity contribution in [2.45, 2.75) is 52.2 Å². The van der Waals surface area contributed by atoms with Gasteiger partial charge in [-0.2, -0.15) is 19.0 Å². The first-order valence-corrected chi connectivity index (χ1v) is 15.6. The van der Waals surface area contributed by atoms with Crippen LogP contribution in [0.15, 0.2) is 85.6 Å². The average Bonchev–Trinajstić information content (AvgIpc) is 3.80. The highest BCUT2D eigenvalue weighted by atomic mass is 35.5. The van der Waals surface area contributed by atoms with Crippen molar-refractivity contribution < 1.29 is 23.1 Å². The molecular formula is C34H36ClF2N9O3. The summed E-state index contributed by atoms with van der Waals surface area (Å²) < 4.78 is 32.5. The van der Waals surface area contributed by atoms with Crippen molar-refractivity contribution in [3.63, 3.8) is 0 Å². The van der Waals surface area contributed by atoms with Gasteiger partial charge in [0.25, 0.3) is 5.91 Å². The largest absolute Gasteiger partial charge is 0.447 e. The maximum atomic E-state index is 14.8. The van der Waals surface area contributed by atoms with Gasteiger partial charge in [0, 0.05) is 23.0 Å². The van der Waals surface area contributed by atoms with E-state index >= 15 is 0 Å². The van der Waals surface area contributed by atoms with Crippen LogP contribution in [-0.4, -0.2) is 54.4 Å². The molecule has 0 radical (unpaired) electrons. The summed E-state index contributed by atoms with van der Waals surface area (Å²) >= 11 is 6.52. The highest BCUT2D eigenvalue weighted by molar-refractivity contribution is 6.33. The molecule has 1 aliphatic heterocycles. The minimum Gasteiger partial charge on any atom is -0.447 e. The molecule has 0 unspecified atom stereocenters. The number of aromatic nitrogens is 5. The molecule has 256 valence electrons. The number of carbonyl (C=O) groups excluding carboxylic acids is 2. The predicted octanol–water partition coefficient (Wildman–Crippen LogP) is 6.94. The molecule has 0 spiro atoms. The molecule has 2 aromatic heterocycles. The van der Waals surface area contributed by atoms with E-state index in [1.54, 1.807) is 55.5 Å². The number of nitrogens with one attached hydrogen (secondary N) is 4. The molecule has 0 saturated carbocycles. The Bertz CT molecular complexity index is 1880. The van der Waals surface area contributed by atoms with E-state index in [1.807, 2.05) is 20.8 Å². The zero-order valence-corrected chi connectivity index (χ0v) is 28.1. The van der Waals surface area contributed by atoms with E-state index in [0.29, 0.717) is 49.0 Å². The number of hydrogen-bond donors (Lipinski definition) is 4. The van der Waals surface area contributed by atoms with Crippen molar-refractivity contribution in [3.05, 3.63) is 102 Å². The third-order valence-corrected chi connectivity index (χ3v) is 8.19. The van der Waals surface area contributed by atoms with Crippen molar-refractivity contribution >= 4 is 29.6 Å². The van der Waals surface area contributed by atoms with Crippen LogP contribution in [0, 0.1) is 10.8 Å². The average molecular weight is 692 g/mol. The maximum Gasteiger partial charge on any atom is 0.411 e. The molecule has 1 aliphatic rings. The summed E-state index contributed by atoms with van der Waals surface area (Å²) in [4.78, 5) is 33.1. The summed E-state index contributed by atoms with van der Waals surface area (Å²) in [6, 6.07) is 11.0. The van der Waals surface area contributed by atoms with E-state index < -0.39 is 35.5 Å². The lowest BCUT2D eigenvalue weighted by Crippen LogP contribution is -2.47. The maximum absolute atomic E-state index is 14.8. The van der Waals surface area contributed by atoms with Crippen LogP contribution in [-0.2, 0) is 15.1 Å². The van der Waals surface area contributed by atoms with Crippen molar-refractivity contribution in [1.82, 2.24) is 40.5 Å². The zero-order valence-electron chi connectivity index (χ0n) is 27.3. The Balaban J connectivity index is 1.55. The quantitative estimate of drug-likeness (QED) is 0.124. The SMILES string of the molecule is C=C/C=C(\C)NC(=O)OC[C@H](c1ccc(Cl)c(-c2ncn[nH]2)c1)N1C(=N)N[C@](CC(C)(C)C)(c2ccc(-c3cnn(C(F)F)c3)cc2)C1=O. The molecular weight excluding hydrogens is 656 g/mol. The Morgan fingerprint density at radius 1 is 1.20 bits per heavy atom. The number of alkyl carbamates (subject to hydrolysis) is 1. The van der Waals surface area contributed by atoms with Crippen molar-refractivity contribution in [2.75, 3.05) is 6.61 Å². The second kappa shape index (κ2) is 14.0. The van der Waals surface area contributed by atoms with E-state index in [0.717, 1.165) is 0 Å². The molecule has 4 aromatic rings. The van der Waals surface area contributed by atoms with Crippen LogP contribution in [0.1, 0.15) is 57.8 Å². The number of allylic oxidation sites excluding steroid dienone is 3. The number of guanidine groups is 1. The van der Waals surface area contributed by atoms with Gasteiger partial charge < -0.3 is 10.1 Å². The molecule has 0 aliphatic carbocycles. The number of benzene rings is 2. The van der Waals surface area contributed by atoms with Gasteiger partial charge in [-0.1, -0.05) is 75.4 Å². The second-order valence-electron chi connectivity index (χ2n) is 12.8. The molecule has 5 rings (SSSR count). The normalized spacial score (nSPS) is 17.3.